The second-order valence-corrected chi connectivity index (χ2v) is 5.54. The van der Waals surface area contributed by atoms with Crippen molar-refractivity contribution in [3.05, 3.63) is 16.3 Å². The van der Waals surface area contributed by atoms with Crippen LogP contribution >= 0.6 is 11.3 Å². The van der Waals surface area contributed by atoms with Crippen molar-refractivity contribution in [1.29, 1.82) is 0 Å². The van der Waals surface area contributed by atoms with Crippen LogP contribution in [0.15, 0.2) is 0 Å². The fraction of sp³-hybridized carbons (Fsp3) is 0.455. The van der Waals surface area contributed by atoms with Gasteiger partial charge in [-0.05, 0) is 33.5 Å². The molecular formula is C11H17N5S. The molecule has 0 fully saturated rings. The number of hydrogen-bond acceptors (Lipinski definition) is 6. The van der Waals surface area contributed by atoms with Gasteiger partial charge >= 0.3 is 0 Å². The average molecular weight is 251 g/mol. The molecule has 2 heterocycles. The Hall–Kier alpha value is -1.24. The highest BCUT2D eigenvalue weighted by Gasteiger charge is 2.13. The summed E-state index contributed by atoms with van der Waals surface area (Å²) in [6.07, 6.45) is 0. The van der Waals surface area contributed by atoms with Gasteiger partial charge in [0, 0.05) is 4.88 Å². The first kappa shape index (κ1) is 12.2. The first-order chi connectivity index (χ1) is 8.02. The minimum atomic E-state index is 0.709. The summed E-state index contributed by atoms with van der Waals surface area (Å²) in [5, 5.41) is 1.04. The van der Waals surface area contributed by atoms with Crippen molar-refractivity contribution in [1.82, 2.24) is 14.9 Å². The third-order valence-electron chi connectivity index (χ3n) is 2.67. The van der Waals surface area contributed by atoms with Gasteiger partial charge in [-0.2, -0.15) is 0 Å². The molecule has 0 radical (unpaired) electrons. The van der Waals surface area contributed by atoms with Crippen molar-refractivity contribution in [2.45, 2.75) is 20.4 Å². The maximum absolute atomic E-state index is 5.54. The van der Waals surface area contributed by atoms with E-state index in [2.05, 4.69) is 29.2 Å². The fourth-order valence-electron chi connectivity index (χ4n) is 1.75. The molecule has 0 spiro atoms. The summed E-state index contributed by atoms with van der Waals surface area (Å²) in [5.74, 6) is 7.05. The first-order valence-corrected chi connectivity index (χ1v) is 6.22. The molecule has 0 saturated carbocycles. The number of aromatic nitrogens is 2. The fourth-order valence-corrected chi connectivity index (χ4v) is 2.80. The van der Waals surface area contributed by atoms with E-state index in [0.29, 0.717) is 12.4 Å². The van der Waals surface area contributed by atoms with Crippen LogP contribution in [0.1, 0.15) is 16.3 Å². The number of nitrogens with zero attached hydrogens (tertiary/aromatic N) is 3. The number of nitrogens with one attached hydrogen (secondary N) is 1. The molecule has 2 aromatic heterocycles. The first-order valence-electron chi connectivity index (χ1n) is 5.41. The smallest absolute Gasteiger partial charge is 0.152 e. The molecule has 3 N–H and O–H groups in total. The summed E-state index contributed by atoms with van der Waals surface area (Å²) in [6, 6.07) is 0. The Balaban J connectivity index is 2.62. The van der Waals surface area contributed by atoms with Crippen LogP contribution in [0.4, 0.5) is 5.82 Å². The van der Waals surface area contributed by atoms with Gasteiger partial charge in [0.2, 0.25) is 0 Å². The van der Waals surface area contributed by atoms with Crippen LogP contribution in [-0.2, 0) is 6.54 Å². The van der Waals surface area contributed by atoms with Gasteiger partial charge < -0.3 is 10.3 Å². The Morgan fingerprint density at radius 1 is 1.29 bits per heavy atom. The third-order valence-corrected chi connectivity index (χ3v) is 3.77. The lowest BCUT2D eigenvalue weighted by Gasteiger charge is -2.10. The Labute approximate surface area is 105 Å². The van der Waals surface area contributed by atoms with Crippen molar-refractivity contribution in [3.8, 4) is 0 Å². The van der Waals surface area contributed by atoms with E-state index in [-0.39, 0.29) is 0 Å². The van der Waals surface area contributed by atoms with Crippen molar-refractivity contribution >= 4 is 27.4 Å². The molecular weight excluding hydrogens is 234 g/mol. The van der Waals surface area contributed by atoms with Gasteiger partial charge in [-0.25, -0.2) is 15.8 Å². The van der Waals surface area contributed by atoms with Gasteiger partial charge in [0.1, 0.15) is 10.7 Å². The van der Waals surface area contributed by atoms with Gasteiger partial charge in [0.05, 0.1) is 11.9 Å². The summed E-state index contributed by atoms with van der Waals surface area (Å²) in [7, 11) is 3.99. The van der Waals surface area contributed by atoms with Gasteiger partial charge in [-0.3, -0.25) is 0 Å². The van der Waals surface area contributed by atoms with Gasteiger partial charge in [0.25, 0.3) is 0 Å². The predicted molar refractivity (Wildman–Crippen MR) is 72.1 cm³/mol. The number of rotatable bonds is 3. The van der Waals surface area contributed by atoms with Crippen LogP contribution in [0.5, 0.6) is 0 Å². The Kier molecular flexibility index (Phi) is 3.28. The van der Waals surface area contributed by atoms with Gasteiger partial charge in [0.15, 0.2) is 5.82 Å². The molecule has 0 aliphatic carbocycles. The van der Waals surface area contributed by atoms with E-state index in [1.807, 2.05) is 19.0 Å². The molecule has 0 atom stereocenters. The van der Waals surface area contributed by atoms with Crippen molar-refractivity contribution in [2.24, 2.45) is 5.84 Å². The number of hydrazine groups is 1. The van der Waals surface area contributed by atoms with Gasteiger partial charge in [-0.15, -0.1) is 11.3 Å². The topological polar surface area (TPSA) is 67.1 Å². The summed E-state index contributed by atoms with van der Waals surface area (Å²) in [4.78, 5) is 13.3. The van der Waals surface area contributed by atoms with E-state index < -0.39 is 0 Å². The Morgan fingerprint density at radius 3 is 2.59 bits per heavy atom. The van der Waals surface area contributed by atoms with Crippen molar-refractivity contribution in [2.75, 3.05) is 19.5 Å². The van der Waals surface area contributed by atoms with E-state index in [9.17, 15) is 0 Å². The molecule has 0 aliphatic rings. The summed E-state index contributed by atoms with van der Waals surface area (Å²) < 4.78 is 0. The predicted octanol–water partition coefficient (Wildman–Crippen LogP) is 1.66. The lowest BCUT2D eigenvalue weighted by molar-refractivity contribution is 0.391. The number of anilines is 1. The highest BCUT2D eigenvalue weighted by Crippen LogP contribution is 2.32. The lowest BCUT2D eigenvalue weighted by Crippen LogP contribution is -2.16. The van der Waals surface area contributed by atoms with Crippen molar-refractivity contribution < 1.29 is 0 Å². The maximum Gasteiger partial charge on any atom is 0.152 e. The molecule has 0 aromatic carbocycles. The number of nitrogens with two attached hydrogens (primary N) is 1. The van der Waals surface area contributed by atoms with E-state index in [1.165, 1.54) is 10.4 Å². The zero-order valence-electron chi connectivity index (χ0n) is 10.5. The quantitative estimate of drug-likeness (QED) is 0.641. The number of aryl methyl sites for hydroxylation is 2. The molecule has 0 aliphatic heterocycles. The minimum Gasteiger partial charge on any atom is -0.308 e. The minimum absolute atomic E-state index is 0.709. The van der Waals surface area contributed by atoms with Crippen molar-refractivity contribution in [3.63, 3.8) is 0 Å². The van der Waals surface area contributed by atoms with Crippen LogP contribution in [0.3, 0.4) is 0 Å². The Bertz CT molecular complexity index is 546. The molecule has 92 valence electrons. The molecule has 17 heavy (non-hydrogen) atoms. The summed E-state index contributed by atoms with van der Waals surface area (Å²) >= 11 is 1.68. The summed E-state index contributed by atoms with van der Waals surface area (Å²) in [5.41, 5.74) is 3.88. The molecule has 5 nitrogen and oxygen atoms in total. The molecule has 2 rings (SSSR count). The standard InChI is InChI=1S/C11H17N5S/c1-6-7(2)17-11-9(6)10(15-12)13-8(14-11)5-16(3)4/h5,12H2,1-4H3,(H,13,14,15). The number of nitrogen functional groups attached to an aromatic ring is 1. The molecule has 2 aromatic rings. The molecule has 6 heteroatoms. The number of fused-ring (bicyclic) bond motifs is 1. The molecule has 0 bridgehead atoms. The van der Waals surface area contributed by atoms with Crippen LogP contribution in [-0.4, -0.2) is 29.0 Å². The van der Waals surface area contributed by atoms with Crippen LogP contribution in [0, 0.1) is 13.8 Å². The monoisotopic (exact) mass is 251 g/mol. The van der Waals surface area contributed by atoms with E-state index >= 15 is 0 Å². The molecule has 0 amide bonds. The van der Waals surface area contributed by atoms with Crippen LogP contribution in [0.25, 0.3) is 10.2 Å². The van der Waals surface area contributed by atoms with Gasteiger partial charge in [-0.1, -0.05) is 0 Å². The molecule has 0 saturated heterocycles. The SMILES string of the molecule is Cc1sc2nc(CN(C)C)nc(NN)c2c1C. The number of thiophene rings is 1. The maximum atomic E-state index is 5.54. The van der Waals surface area contributed by atoms with Crippen LogP contribution < -0.4 is 11.3 Å². The lowest BCUT2D eigenvalue weighted by atomic mass is 10.2. The largest absolute Gasteiger partial charge is 0.308 e. The van der Waals surface area contributed by atoms with E-state index in [0.717, 1.165) is 16.0 Å². The Morgan fingerprint density at radius 2 is 2.00 bits per heavy atom. The van der Waals surface area contributed by atoms with Crippen LogP contribution in [0.2, 0.25) is 0 Å². The average Bonchev–Trinajstić information content (AvgIpc) is 2.53. The van der Waals surface area contributed by atoms with E-state index in [1.54, 1.807) is 11.3 Å². The normalized spacial score (nSPS) is 11.4. The highest BCUT2D eigenvalue weighted by molar-refractivity contribution is 7.18. The number of hydrogen-bond donors (Lipinski definition) is 2. The van der Waals surface area contributed by atoms with E-state index in [4.69, 9.17) is 5.84 Å². The summed E-state index contributed by atoms with van der Waals surface area (Å²) in [6.45, 7) is 4.87. The molecule has 0 unspecified atom stereocenters. The zero-order chi connectivity index (χ0) is 12.6. The third kappa shape index (κ3) is 2.24. The second-order valence-electron chi connectivity index (χ2n) is 4.33. The zero-order valence-corrected chi connectivity index (χ0v) is 11.4. The highest BCUT2D eigenvalue weighted by atomic mass is 32.1. The second kappa shape index (κ2) is 4.56.